The highest BCUT2D eigenvalue weighted by atomic mass is 16.5. The molecule has 6 nitrogen and oxygen atoms in total. The Morgan fingerprint density at radius 2 is 1.71 bits per heavy atom. The molecule has 1 aromatic carbocycles. The molecule has 146 valence electrons. The van der Waals surface area contributed by atoms with Gasteiger partial charge in [-0.05, 0) is 56.2 Å². The van der Waals surface area contributed by atoms with E-state index in [0.29, 0.717) is 18.4 Å². The molecule has 0 radical (unpaired) electrons. The lowest BCUT2D eigenvalue weighted by molar-refractivity contribution is -0.154. The predicted molar refractivity (Wildman–Crippen MR) is 100 cm³/mol. The molecule has 0 bridgehead atoms. The molecule has 3 atom stereocenters. The molecule has 1 aromatic rings. The van der Waals surface area contributed by atoms with Gasteiger partial charge >= 0.3 is 5.97 Å². The van der Waals surface area contributed by atoms with Gasteiger partial charge in [0.2, 0.25) is 17.6 Å². The van der Waals surface area contributed by atoms with Crippen LogP contribution < -0.4 is 0 Å². The van der Waals surface area contributed by atoms with E-state index in [0.717, 1.165) is 24.2 Å². The smallest absolute Gasteiger partial charge is 0.326 e. The lowest BCUT2D eigenvalue weighted by Crippen LogP contribution is -2.38. The van der Waals surface area contributed by atoms with Crippen LogP contribution in [0.25, 0.3) is 0 Å². The highest BCUT2D eigenvalue weighted by molar-refractivity contribution is 6.07. The summed E-state index contributed by atoms with van der Waals surface area (Å²) in [6.45, 7) is 1.08. The minimum absolute atomic E-state index is 0.278. The van der Waals surface area contributed by atoms with Gasteiger partial charge in [0, 0.05) is 5.56 Å². The number of benzene rings is 1. The zero-order valence-corrected chi connectivity index (χ0v) is 15.8. The Morgan fingerprint density at radius 1 is 1.07 bits per heavy atom. The Kier molecular flexibility index (Phi) is 4.87. The van der Waals surface area contributed by atoms with Crippen LogP contribution in [0.2, 0.25) is 0 Å². The highest BCUT2D eigenvalue weighted by Gasteiger charge is 2.47. The van der Waals surface area contributed by atoms with Gasteiger partial charge in [-0.15, -0.1) is 0 Å². The zero-order valence-electron chi connectivity index (χ0n) is 15.8. The molecule has 0 N–H and O–H groups in total. The second kappa shape index (κ2) is 7.34. The molecule has 0 aromatic heterocycles. The number of aryl methyl sites for hydroxylation is 2. The minimum atomic E-state index is -0.969. The third-order valence-corrected chi connectivity index (χ3v) is 5.95. The van der Waals surface area contributed by atoms with E-state index in [1.54, 1.807) is 6.07 Å². The number of esters is 1. The maximum absolute atomic E-state index is 12.6. The monoisotopic (exact) mass is 381 g/mol. The Bertz CT molecular complexity index is 861. The summed E-state index contributed by atoms with van der Waals surface area (Å²) in [5.41, 5.74) is 2.96. The molecule has 1 fully saturated rings. The maximum Gasteiger partial charge on any atom is 0.326 e. The largest absolute Gasteiger partial charge is 0.453 e. The normalized spacial score (nSPS) is 24.1. The molecule has 2 aliphatic carbocycles. The number of allylic oxidation sites excluding steroid dienone is 2. The van der Waals surface area contributed by atoms with Gasteiger partial charge in [0.1, 0.15) is 6.54 Å². The van der Waals surface area contributed by atoms with E-state index in [4.69, 9.17) is 4.74 Å². The number of amides is 2. The number of Topliss-reactive ketones (excluding diaryl/α,β-unsaturated/α-hetero) is 1. The van der Waals surface area contributed by atoms with Crippen molar-refractivity contribution in [2.45, 2.75) is 45.1 Å². The van der Waals surface area contributed by atoms with E-state index < -0.39 is 18.6 Å². The summed E-state index contributed by atoms with van der Waals surface area (Å²) in [6, 6.07) is 5.60. The molecule has 1 saturated heterocycles. The zero-order chi connectivity index (χ0) is 19.8. The van der Waals surface area contributed by atoms with Crippen LogP contribution in [0.3, 0.4) is 0 Å². The molecule has 1 heterocycles. The Labute approximate surface area is 163 Å². The van der Waals surface area contributed by atoms with Crippen molar-refractivity contribution in [3.05, 3.63) is 47.0 Å². The van der Waals surface area contributed by atoms with Crippen LogP contribution in [0, 0.1) is 11.8 Å². The average molecular weight is 381 g/mol. The van der Waals surface area contributed by atoms with E-state index in [1.165, 1.54) is 18.1 Å². The van der Waals surface area contributed by atoms with Gasteiger partial charge in [-0.2, -0.15) is 0 Å². The van der Waals surface area contributed by atoms with Crippen molar-refractivity contribution in [1.29, 1.82) is 0 Å². The van der Waals surface area contributed by atoms with Gasteiger partial charge in [-0.25, -0.2) is 0 Å². The fourth-order valence-corrected chi connectivity index (χ4v) is 4.40. The number of ether oxygens (including phenoxy) is 1. The van der Waals surface area contributed by atoms with Crippen LogP contribution in [0.15, 0.2) is 30.4 Å². The molecular weight excluding hydrogens is 358 g/mol. The standard InChI is InChI=1S/C22H23NO5/c1-13(20(25)16-10-9-14-5-4-6-15(14)11-16)28-19(24)12-23-21(26)17-7-2-3-8-18(17)22(23)27/h2-3,9-11,13,17-18H,4-8,12H2,1H3. The van der Waals surface area contributed by atoms with Gasteiger partial charge < -0.3 is 4.74 Å². The lowest BCUT2D eigenvalue weighted by Gasteiger charge is -2.17. The number of ketones is 1. The summed E-state index contributed by atoms with van der Waals surface area (Å²) >= 11 is 0. The number of nitrogens with zero attached hydrogens (tertiary/aromatic N) is 1. The minimum Gasteiger partial charge on any atom is -0.453 e. The van der Waals surface area contributed by atoms with E-state index in [9.17, 15) is 19.2 Å². The summed E-state index contributed by atoms with van der Waals surface area (Å²) in [5, 5.41) is 0. The van der Waals surface area contributed by atoms with Crippen LogP contribution in [-0.2, 0) is 32.0 Å². The van der Waals surface area contributed by atoms with Crippen molar-refractivity contribution in [1.82, 2.24) is 4.90 Å². The highest BCUT2D eigenvalue weighted by Crippen LogP contribution is 2.34. The van der Waals surface area contributed by atoms with Crippen LogP contribution in [0.1, 0.15) is 47.7 Å². The first-order chi connectivity index (χ1) is 13.5. The summed E-state index contributed by atoms with van der Waals surface area (Å²) in [5.74, 6) is -2.43. The van der Waals surface area contributed by atoms with E-state index in [2.05, 4.69) is 0 Å². The molecule has 4 rings (SSSR count). The molecule has 3 unspecified atom stereocenters. The fraction of sp³-hybridized carbons (Fsp3) is 0.455. The first-order valence-corrected chi connectivity index (χ1v) is 9.81. The molecular formula is C22H23NO5. The van der Waals surface area contributed by atoms with E-state index >= 15 is 0 Å². The third-order valence-electron chi connectivity index (χ3n) is 5.95. The number of imide groups is 1. The number of fused-ring (bicyclic) bond motifs is 2. The Morgan fingerprint density at radius 3 is 2.39 bits per heavy atom. The molecule has 0 spiro atoms. The lowest BCUT2D eigenvalue weighted by atomic mass is 9.85. The second-order valence-corrected chi connectivity index (χ2v) is 7.75. The molecule has 0 saturated carbocycles. The topological polar surface area (TPSA) is 80.8 Å². The molecule has 1 aliphatic heterocycles. The van der Waals surface area contributed by atoms with E-state index in [-0.39, 0.29) is 29.4 Å². The first-order valence-electron chi connectivity index (χ1n) is 9.81. The van der Waals surface area contributed by atoms with Crippen molar-refractivity contribution in [2.24, 2.45) is 11.8 Å². The number of likely N-dealkylation sites (tertiary alicyclic amines) is 1. The van der Waals surface area contributed by atoms with Crippen molar-refractivity contribution in [2.75, 3.05) is 6.54 Å². The predicted octanol–water partition coefficient (Wildman–Crippen LogP) is 2.24. The van der Waals surface area contributed by atoms with E-state index in [1.807, 2.05) is 24.3 Å². The summed E-state index contributed by atoms with van der Waals surface area (Å²) in [6.07, 6.45) is 6.94. The van der Waals surface area contributed by atoms with Crippen molar-refractivity contribution >= 4 is 23.6 Å². The Hall–Kier alpha value is -2.76. The number of rotatable bonds is 5. The van der Waals surface area contributed by atoms with Crippen molar-refractivity contribution in [3.8, 4) is 0 Å². The summed E-state index contributed by atoms with van der Waals surface area (Å²) in [7, 11) is 0. The first kappa shape index (κ1) is 18.6. The van der Waals surface area contributed by atoms with Crippen molar-refractivity contribution in [3.63, 3.8) is 0 Å². The molecule has 28 heavy (non-hydrogen) atoms. The van der Waals surface area contributed by atoms with Gasteiger partial charge in [-0.1, -0.05) is 24.3 Å². The van der Waals surface area contributed by atoms with Crippen LogP contribution in [0.5, 0.6) is 0 Å². The number of carbonyl (C=O) groups excluding carboxylic acids is 4. The second-order valence-electron chi connectivity index (χ2n) is 7.75. The number of hydrogen-bond acceptors (Lipinski definition) is 5. The number of hydrogen-bond donors (Lipinski definition) is 0. The van der Waals surface area contributed by atoms with Crippen LogP contribution in [0.4, 0.5) is 0 Å². The fourth-order valence-electron chi connectivity index (χ4n) is 4.40. The molecule has 3 aliphatic rings. The van der Waals surface area contributed by atoms with Gasteiger partial charge in [0.25, 0.3) is 0 Å². The van der Waals surface area contributed by atoms with Crippen LogP contribution >= 0.6 is 0 Å². The Balaban J connectivity index is 1.37. The maximum atomic E-state index is 12.6. The van der Waals surface area contributed by atoms with Gasteiger partial charge in [-0.3, -0.25) is 24.1 Å². The summed E-state index contributed by atoms with van der Waals surface area (Å²) < 4.78 is 5.25. The van der Waals surface area contributed by atoms with Crippen molar-refractivity contribution < 1.29 is 23.9 Å². The molecule has 2 amide bonds. The van der Waals surface area contributed by atoms with Gasteiger partial charge in [0.15, 0.2) is 6.10 Å². The molecule has 6 heteroatoms. The average Bonchev–Trinajstić information content (AvgIpc) is 3.26. The van der Waals surface area contributed by atoms with Crippen LogP contribution in [-0.4, -0.2) is 41.1 Å². The van der Waals surface area contributed by atoms with Gasteiger partial charge in [0.05, 0.1) is 11.8 Å². The SMILES string of the molecule is CC(OC(=O)CN1C(=O)C2CC=CCC2C1=O)C(=O)c1ccc2c(c1)CCC2. The third kappa shape index (κ3) is 3.28. The summed E-state index contributed by atoms with van der Waals surface area (Å²) in [4.78, 5) is 50.8. The quantitative estimate of drug-likeness (QED) is 0.338. The number of carbonyl (C=O) groups is 4.